The van der Waals surface area contributed by atoms with Crippen LogP contribution in [0.4, 0.5) is 0 Å². The lowest BCUT2D eigenvalue weighted by Gasteiger charge is -2.22. The molecule has 0 spiro atoms. The number of hydrogen-bond acceptors (Lipinski definition) is 6. The number of hydrogen-bond donors (Lipinski definition) is 1. The molecule has 0 aliphatic carbocycles. The van der Waals surface area contributed by atoms with E-state index in [9.17, 15) is 4.79 Å². The Kier molecular flexibility index (Phi) is 4.64. The van der Waals surface area contributed by atoms with Crippen molar-refractivity contribution in [3.05, 3.63) is 34.6 Å². The number of amides is 1. The van der Waals surface area contributed by atoms with Crippen LogP contribution in [0.15, 0.2) is 11.6 Å². The SMILES string of the molecule is Cc1nc2sccn2c1C(=O)NC1CCc2nnc(C3CCOCC3)n2CC1. The molecule has 0 aromatic carbocycles. The topological polar surface area (TPSA) is 86.3 Å². The number of nitrogens with zero attached hydrogens (tertiary/aromatic N) is 5. The molecule has 5 rings (SSSR count). The van der Waals surface area contributed by atoms with Crippen LogP contribution in [0.1, 0.15) is 59.4 Å². The van der Waals surface area contributed by atoms with E-state index >= 15 is 0 Å². The van der Waals surface area contributed by atoms with Gasteiger partial charge in [0.1, 0.15) is 17.3 Å². The van der Waals surface area contributed by atoms with Gasteiger partial charge in [-0.3, -0.25) is 9.20 Å². The van der Waals surface area contributed by atoms with Gasteiger partial charge < -0.3 is 14.6 Å². The number of carbonyl (C=O) groups excluding carboxylic acids is 1. The standard InChI is InChI=1S/C19H24N6O2S/c1-12-16(25-8-11-28-19(25)20-12)18(26)21-14-2-3-15-22-23-17(24(15)7-4-14)13-5-9-27-10-6-13/h8,11,13-14H,2-7,9-10H2,1H3,(H,21,26). The summed E-state index contributed by atoms with van der Waals surface area (Å²) in [5, 5.41) is 14.1. The van der Waals surface area contributed by atoms with Gasteiger partial charge in [-0.05, 0) is 32.6 Å². The van der Waals surface area contributed by atoms with Crippen LogP contribution in [-0.4, -0.2) is 49.3 Å². The summed E-state index contributed by atoms with van der Waals surface area (Å²) < 4.78 is 9.65. The van der Waals surface area contributed by atoms with Crippen molar-refractivity contribution in [1.29, 1.82) is 0 Å². The Morgan fingerprint density at radius 2 is 2.11 bits per heavy atom. The summed E-state index contributed by atoms with van der Waals surface area (Å²) in [6.45, 7) is 4.34. The normalized spacial score (nSPS) is 20.8. The second kappa shape index (κ2) is 7.29. The lowest BCUT2D eigenvalue weighted by Crippen LogP contribution is -2.36. The van der Waals surface area contributed by atoms with Gasteiger partial charge in [0, 0.05) is 49.7 Å². The van der Waals surface area contributed by atoms with Gasteiger partial charge in [-0.2, -0.15) is 0 Å². The average Bonchev–Trinajstić information content (AvgIpc) is 3.35. The minimum Gasteiger partial charge on any atom is -0.381 e. The van der Waals surface area contributed by atoms with Gasteiger partial charge in [-0.1, -0.05) is 0 Å². The highest BCUT2D eigenvalue weighted by Gasteiger charge is 2.27. The van der Waals surface area contributed by atoms with Crippen LogP contribution in [-0.2, 0) is 17.7 Å². The van der Waals surface area contributed by atoms with Crippen LogP contribution in [0.3, 0.4) is 0 Å². The Bertz CT molecular complexity index is 1000. The molecule has 3 aromatic rings. The van der Waals surface area contributed by atoms with E-state index in [-0.39, 0.29) is 11.9 Å². The highest BCUT2D eigenvalue weighted by molar-refractivity contribution is 7.15. The number of aryl methyl sites for hydroxylation is 2. The van der Waals surface area contributed by atoms with E-state index in [2.05, 4.69) is 25.1 Å². The van der Waals surface area contributed by atoms with Crippen LogP contribution < -0.4 is 5.32 Å². The third-order valence-corrected chi connectivity index (χ3v) is 6.60. The number of nitrogens with one attached hydrogen (secondary N) is 1. The second-order valence-electron chi connectivity index (χ2n) is 7.61. The lowest BCUT2D eigenvalue weighted by molar-refractivity contribution is 0.0826. The van der Waals surface area contributed by atoms with Gasteiger partial charge >= 0.3 is 0 Å². The van der Waals surface area contributed by atoms with E-state index in [1.807, 2.05) is 22.9 Å². The minimum atomic E-state index is -0.0456. The minimum absolute atomic E-state index is 0.0456. The summed E-state index contributed by atoms with van der Waals surface area (Å²) in [6, 6.07) is 0.125. The first-order valence-electron chi connectivity index (χ1n) is 9.93. The van der Waals surface area contributed by atoms with Crippen molar-refractivity contribution in [3.8, 4) is 0 Å². The number of aromatic nitrogens is 5. The summed E-state index contributed by atoms with van der Waals surface area (Å²) in [7, 11) is 0. The van der Waals surface area contributed by atoms with Gasteiger partial charge in [0.05, 0.1) is 5.69 Å². The van der Waals surface area contributed by atoms with Crippen LogP contribution in [0.25, 0.3) is 4.96 Å². The fourth-order valence-corrected chi connectivity index (χ4v) is 5.09. The number of imidazole rings is 1. The van der Waals surface area contributed by atoms with E-state index in [4.69, 9.17) is 4.74 Å². The van der Waals surface area contributed by atoms with Crippen molar-refractivity contribution in [3.63, 3.8) is 0 Å². The van der Waals surface area contributed by atoms with Crippen LogP contribution in [0, 0.1) is 6.92 Å². The van der Waals surface area contributed by atoms with Crippen LogP contribution >= 0.6 is 11.3 Å². The third-order valence-electron chi connectivity index (χ3n) is 5.85. The molecule has 2 aliphatic heterocycles. The summed E-state index contributed by atoms with van der Waals surface area (Å²) in [4.78, 5) is 18.3. The summed E-state index contributed by atoms with van der Waals surface area (Å²) in [5.74, 6) is 2.52. The molecular formula is C19H24N6O2S. The molecule has 1 N–H and O–H groups in total. The van der Waals surface area contributed by atoms with Crippen molar-refractivity contribution in [2.24, 2.45) is 0 Å². The summed E-state index contributed by atoms with van der Waals surface area (Å²) in [6.07, 6.45) is 6.52. The van der Waals surface area contributed by atoms with E-state index in [0.29, 0.717) is 11.6 Å². The molecule has 1 unspecified atom stereocenters. The first kappa shape index (κ1) is 17.8. The molecule has 0 saturated carbocycles. The summed E-state index contributed by atoms with van der Waals surface area (Å²) in [5.41, 5.74) is 1.42. The molecule has 9 heteroatoms. The Morgan fingerprint density at radius 1 is 1.25 bits per heavy atom. The predicted octanol–water partition coefficient (Wildman–Crippen LogP) is 2.32. The quantitative estimate of drug-likeness (QED) is 0.729. The Hall–Kier alpha value is -2.26. The van der Waals surface area contributed by atoms with Gasteiger partial charge in [0.2, 0.25) is 0 Å². The van der Waals surface area contributed by atoms with Crippen molar-refractivity contribution in [2.75, 3.05) is 13.2 Å². The molecule has 3 aromatic heterocycles. The molecule has 28 heavy (non-hydrogen) atoms. The first-order valence-corrected chi connectivity index (χ1v) is 10.8. The Balaban J connectivity index is 1.30. The fraction of sp³-hybridized carbons (Fsp3) is 0.579. The molecule has 148 valence electrons. The Morgan fingerprint density at radius 3 is 2.96 bits per heavy atom. The van der Waals surface area contributed by atoms with Gasteiger partial charge in [0.25, 0.3) is 5.91 Å². The molecule has 5 heterocycles. The van der Waals surface area contributed by atoms with Crippen molar-refractivity contribution in [1.82, 2.24) is 29.5 Å². The molecular weight excluding hydrogens is 376 g/mol. The van der Waals surface area contributed by atoms with E-state index < -0.39 is 0 Å². The maximum absolute atomic E-state index is 12.9. The van der Waals surface area contributed by atoms with Gasteiger partial charge in [-0.15, -0.1) is 21.5 Å². The summed E-state index contributed by atoms with van der Waals surface area (Å²) >= 11 is 1.54. The third kappa shape index (κ3) is 3.12. The number of thiazole rings is 1. The molecule has 1 atom stereocenters. The maximum Gasteiger partial charge on any atom is 0.270 e. The first-order chi connectivity index (χ1) is 13.7. The number of ether oxygens (including phenoxy) is 1. The number of carbonyl (C=O) groups is 1. The zero-order valence-corrected chi connectivity index (χ0v) is 16.7. The van der Waals surface area contributed by atoms with E-state index in [1.54, 1.807) is 11.3 Å². The van der Waals surface area contributed by atoms with Crippen molar-refractivity contribution < 1.29 is 9.53 Å². The van der Waals surface area contributed by atoms with E-state index in [1.165, 1.54) is 0 Å². The molecule has 8 nitrogen and oxygen atoms in total. The smallest absolute Gasteiger partial charge is 0.270 e. The monoisotopic (exact) mass is 400 g/mol. The van der Waals surface area contributed by atoms with E-state index in [0.717, 1.165) is 74.2 Å². The zero-order valence-electron chi connectivity index (χ0n) is 15.9. The van der Waals surface area contributed by atoms with Gasteiger partial charge in [0.15, 0.2) is 4.96 Å². The van der Waals surface area contributed by atoms with Crippen LogP contribution in [0.2, 0.25) is 0 Å². The predicted molar refractivity (Wildman–Crippen MR) is 105 cm³/mol. The van der Waals surface area contributed by atoms with Crippen LogP contribution in [0.5, 0.6) is 0 Å². The molecule has 1 saturated heterocycles. The maximum atomic E-state index is 12.9. The molecule has 0 bridgehead atoms. The highest BCUT2D eigenvalue weighted by atomic mass is 32.1. The fourth-order valence-electron chi connectivity index (χ4n) is 4.33. The molecule has 1 amide bonds. The zero-order chi connectivity index (χ0) is 19.1. The largest absolute Gasteiger partial charge is 0.381 e. The average molecular weight is 401 g/mol. The molecule has 1 fully saturated rings. The molecule has 2 aliphatic rings. The van der Waals surface area contributed by atoms with Gasteiger partial charge in [-0.25, -0.2) is 4.98 Å². The molecule has 0 radical (unpaired) electrons. The van der Waals surface area contributed by atoms with Crippen molar-refractivity contribution in [2.45, 2.75) is 57.5 Å². The Labute approximate surface area is 166 Å². The number of rotatable bonds is 3. The highest BCUT2D eigenvalue weighted by Crippen LogP contribution is 2.28. The lowest BCUT2D eigenvalue weighted by atomic mass is 9.99. The van der Waals surface area contributed by atoms with Crippen molar-refractivity contribution >= 4 is 22.2 Å². The second-order valence-corrected chi connectivity index (χ2v) is 8.48. The number of fused-ring (bicyclic) bond motifs is 2.